The van der Waals surface area contributed by atoms with Gasteiger partial charge in [0.2, 0.25) is 0 Å². The number of furan rings is 1. The first kappa shape index (κ1) is 41.7. The highest BCUT2D eigenvalue weighted by molar-refractivity contribution is 5.83. The van der Waals surface area contributed by atoms with E-state index in [1.165, 1.54) is 33.5 Å². The first-order valence-corrected chi connectivity index (χ1v) is 21.0. The van der Waals surface area contributed by atoms with Crippen molar-refractivity contribution in [2.24, 2.45) is 34.0 Å². The summed E-state index contributed by atoms with van der Waals surface area (Å²) in [5, 5.41) is 28.1. The van der Waals surface area contributed by atoms with E-state index in [1.807, 2.05) is 6.92 Å². The van der Waals surface area contributed by atoms with E-state index in [-0.39, 0.29) is 12.8 Å². The van der Waals surface area contributed by atoms with Crippen LogP contribution >= 0.6 is 0 Å². The molecule has 1 aromatic heterocycles. The number of rotatable bonds is 10. The molecule has 330 valence electrons. The zero-order chi connectivity index (χ0) is 43.8. The number of aliphatic hydroxyl groups is 2. The smallest absolute Gasteiger partial charge is 0.341 e. The summed E-state index contributed by atoms with van der Waals surface area (Å²) in [4.78, 5) is 71.1. The summed E-state index contributed by atoms with van der Waals surface area (Å²) in [5.74, 6) is -8.52. The van der Waals surface area contributed by atoms with Gasteiger partial charge in [-0.3, -0.25) is 19.2 Å². The summed E-state index contributed by atoms with van der Waals surface area (Å²) >= 11 is 0. The van der Waals surface area contributed by atoms with Gasteiger partial charge in [0.25, 0.3) is 5.97 Å². The third kappa shape index (κ3) is 4.28. The second-order valence-corrected chi connectivity index (χ2v) is 20.0. The van der Waals surface area contributed by atoms with Crippen molar-refractivity contribution in [1.29, 1.82) is 0 Å². The van der Waals surface area contributed by atoms with Crippen molar-refractivity contribution in [3.63, 3.8) is 0 Å². The molecule has 2 spiro atoms. The Labute approximate surface area is 347 Å². The molecular weight excluding hydrogens is 788 g/mol. The normalized spacial score (nSPS) is 51.6. The number of methoxy groups -OCH3 is 1. The summed E-state index contributed by atoms with van der Waals surface area (Å²) in [7, 11) is 1.21. The number of esters is 5. The van der Waals surface area contributed by atoms with Gasteiger partial charge in [-0.25, -0.2) is 4.79 Å². The van der Waals surface area contributed by atoms with Crippen LogP contribution in [0.2, 0.25) is 0 Å². The number of cyclic esters (lactones) is 1. The van der Waals surface area contributed by atoms with Crippen molar-refractivity contribution in [1.82, 2.24) is 0 Å². The zero-order valence-electron chi connectivity index (χ0n) is 35.9. The number of ether oxygens (including phenoxy) is 9. The van der Waals surface area contributed by atoms with Crippen LogP contribution in [-0.4, -0.2) is 111 Å². The molecule has 4 aliphatic carbocycles. The number of carbonyl (C=O) groups excluding carboxylic acids is 5. The predicted octanol–water partition coefficient (Wildman–Crippen LogP) is 3.34. The van der Waals surface area contributed by atoms with E-state index in [4.69, 9.17) is 47.0 Å². The van der Waals surface area contributed by atoms with E-state index in [0.717, 1.165) is 0 Å². The van der Waals surface area contributed by atoms with Crippen LogP contribution in [0.25, 0.3) is 0 Å². The highest BCUT2D eigenvalue weighted by Crippen LogP contribution is 2.89. The zero-order valence-corrected chi connectivity index (χ0v) is 35.9. The molecule has 0 amide bonds. The Morgan fingerprint density at radius 2 is 1.60 bits per heavy atom. The van der Waals surface area contributed by atoms with Gasteiger partial charge in [-0.1, -0.05) is 48.5 Å². The monoisotopic (exact) mass is 844 g/mol. The Morgan fingerprint density at radius 3 is 2.18 bits per heavy atom. The van der Waals surface area contributed by atoms with Gasteiger partial charge in [0.1, 0.15) is 29.5 Å². The van der Waals surface area contributed by atoms with E-state index < -0.39 is 147 Å². The largest absolute Gasteiger partial charge is 0.472 e. The van der Waals surface area contributed by atoms with Gasteiger partial charge in [0, 0.05) is 35.2 Å². The van der Waals surface area contributed by atoms with Crippen LogP contribution in [0.5, 0.6) is 0 Å². The van der Waals surface area contributed by atoms with Crippen LogP contribution in [0.1, 0.15) is 113 Å². The highest BCUT2D eigenvalue weighted by atomic mass is 17.0. The minimum Gasteiger partial charge on any atom is -0.472 e. The Morgan fingerprint density at radius 1 is 0.933 bits per heavy atom. The van der Waals surface area contributed by atoms with Crippen LogP contribution in [0, 0.1) is 34.0 Å². The third-order valence-corrected chi connectivity index (χ3v) is 16.8. The predicted molar refractivity (Wildman–Crippen MR) is 198 cm³/mol. The Hall–Kier alpha value is -3.61. The molecule has 4 aliphatic heterocycles. The average Bonchev–Trinajstić information content (AvgIpc) is 3.63. The van der Waals surface area contributed by atoms with Gasteiger partial charge in [-0.15, -0.1) is 0 Å². The molecule has 0 aromatic carbocycles. The molecule has 8 fully saturated rings. The Kier molecular flexibility index (Phi) is 8.41. The summed E-state index contributed by atoms with van der Waals surface area (Å²) < 4.78 is 63.7. The second kappa shape index (κ2) is 12.1. The molecule has 4 saturated carbocycles. The highest BCUT2D eigenvalue weighted by Gasteiger charge is 3.07. The SMILES string of the molecule is CCC(C)C(=O)O[C@@H]1C[C@@]2(C)[C@H](c3ccoc3)OC(=O)C[C@]23OC2(C)O[C@@]14[C@]3(O2)[C@H](OC(=O)C(C)C)[C@@]1(O)[C@@H](OC(=O)C2(C)OC2C)[C@@]2(C)CC1(O)[C@@]4(C)[C@H]2CC(=O)OC. The van der Waals surface area contributed by atoms with Gasteiger partial charge in [0.05, 0.1) is 44.0 Å². The molecule has 8 aliphatic rings. The van der Waals surface area contributed by atoms with Crippen LogP contribution in [0.3, 0.4) is 0 Å². The summed E-state index contributed by atoms with van der Waals surface area (Å²) in [6, 6.07) is 1.62. The summed E-state index contributed by atoms with van der Waals surface area (Å²) in [6.45, 7) is 16.5. The quantitative estimate of drug-likeness (QED) is 0.196. The van der Waals surface area contributed by atoms with Crippen LogP contribution < -0.4 is 0 Å². The third-order valence-electron chi connectivity index (χ3n) is 16.8. The summed E-state index contributed by atoms with van der Waals surface area (Å²) in [6.07, 6.45) is -5.20. The molecular formula is C43H56O17. The minimum atomic E-state index is -2.80. The van der Waals surface area contributed by atoms with Crippen molar-refractivity contribution in [2.45, 2.75) is 171 Å². The molecule has 17 nitrogen and oxygen atoms in total. The maximum absolute atomic E-state index is 14.4. The molecule has 17 atom stereocenters. The van der Waals surface area contributed by atoms with Gasteiger partial charge in [-0.05, 0) is 45.1 Å². The Bertz CT molecular complexity index is 2070. The van der Waals surface area contributed by atoms with Crippen LogP contribution in [-0.2, 0) is 66.6 Å². The van der Waals surface area contributed by atoms with E-state index in [9.17, 15) is 34.2 Å². The van der Waals surface area contributed by atoms with Crippen molar-refractivity contribution in [3.8, 4) is 0 Å². The maximum Gasteiger partial charge on any atom is 0.341 e. The molecule has 60 heavy (non-hydrogen) atoms. The number of hydrogen-bond donors (Lipinski definition) is 2. The van der Waals surface area contributed by atoms with Gasteiger partial charge < -0.3 is 57.3 Å². The number of carbonyl (C=O) groups is 5. The number of fused-ring (bicyclic) bond motifs is 2. The fourth-order valence-electron chi connectivity index (χ4n) is 13.7. The second-order valence-electron chi connectivity index (χ2n) is 20.0. The molecule has 2 N–H and O–H groups in total. The van der Waals surface area contributed by atoms with Crippen LogP contribution in [0.15, 0.2) is 23.0 Å². The van der Waals surface area contributed by atoms with Crippen molar-refractivity contribution in [2.75, 3.05) is 7.11 Å². The van der Waals surface area contributed by atoms with Crippen molar-refractivity contribution < 1.29 is 81.2 Å². The van der Waals surface area contributed by atoms with E-state index in [2.05, 4.69) is 0 Å². The molecule has 4 saturated heterocycles. The van der Waals surface area contributed by atoms with Gasteiger partial charge in [-0.2, -0.15) is 0 Å². The van der Waals surface area contributed by atoms with Crippen LogP contribution in [0.4, 0.5) is 0 Å². The fraction of sp³-hybridized carbons (Fsp3) is 0.791. The lowest BCUT2D eigenvalue weighted by Gasteiger charge is -2.79. The van der Waals surface area contributed by atoms with Gasteiger partial charge >= 0.3 is 29.8 Å². The van der Waals surface area contributed by atoms with Gasteiger partial charge in [0.15, 0.2) is 28.5 Å². The van der Waals surface area contributed by atoms with Crippen molar-refractivity contribution in [3.05, 3.63) is 24.2 Å². The minimum absolute atomic E-state index is 0.151. The van der Waals surface area contributed by atoms with Crippen molar-refractivity contribution >= 4 is 29.8 Å². The fourth-order valence-corrected chi connectivity index (χ4v) is 13.7. The average molecular weight is 845 g/mol. The lowest BCUT2D eigenvalue weighted by Crippen LogP contribution is -2.99. The number of epoxide rings is 1. The molecule has 5 unspecified atom stereocenters. The molecule has 9 rings (SSSR count). The first-order valence-electron chi connectivity index (χ1n) is 21.0. The standard InChI is InChI=1S/C43H56O17/c1-12-21(4)30(47)53-25-16-35(7)28(23-13-14-52-18-23)54-27(45)17-40(35)43-32(55-29(46)20(2)3)41(50)31(56-33(48)36(8)22(5)57-36)34(6)19-39(41,49)37(9,24(34)15-26(44)51-11)42(25,43)59-38(10,58-40)60-43/h13-14,18,20-22,24-25,28,31-32,49-50H,12,15-17,19H2,1-11H3/t21?,22?,24-,25+,28-,31-,32+,34-,35-,36?,37+,38?,39?,40-,41-,42-,43-/m0/s1. The lowest BCUT2D eigenvalue weighted by molar-refractivity contribution is -0.479. The van der Waals surface area contributed by atoms with E-state index in [0.29, 0.717) is 12.0 Å². The molecule has 1 aromatic rings. The summed E-state index contributed by atoms with van der Waals surface area (Å²) in [5.41, 5.74) is -17.8. The topological polar surface area (TPSA) is 225 Å². The van der Waals surface area contributed by atoms with E-state index >= 15 is 0 Å². The maximum atomic E-state index is 14.4. The molecule has 17 heteroatoms. The number of hydrogen-bond acceptors (Lipinski definition) is 17. The van der Waals surface area contributed by atoms with E-state index in [1.54, 1.807) is 54.5 Å². The molecule has 4 bridgehead atoms. The first-order chi connectivity index (χ1) is 27.8. The molecule has 5 heterocycles. The lowest BCUT2D eigenvalue weighted by atomic mass is 9.31. The Balaban J connectivity index is 1.41. The molecule has 0 radical (unpaired) electrons.